The van der Waals surface area contributed by atoms with Crippen molar-refractivity contribution in [2.75, 3.05) is 32.9 Å². The highest BCUT2D eigenvalue weighted by Crippen LogP contribution is 2.22. The number of nitrogens with one attached hydrogen (secondary N) is 2. The Morgan fingerprint density at radius 2 is 1.96 bits per heavy atom. The highest BCUT2D eigenvalue weighted by atomic mass is 35.5. The van der Waals surface area contributed by atoms with Crippen LogP contribution in [0.15, 0.2) is 24.3 Å². The van der Waals surface area contributed by atoms with Crippen molar-refractivity contribution >= 4 is 39.3 Å². The number of hydrogen-bond donors (Lipinski definition) is 2. The summed E-state index contributed by atoms with van der Waals surface area (Å²) in [5.74, 6) is -1.55. The van der Waals surface area contributed by atoms with Crippen molar-refractivity contribution in [3.8, 4) is 0 Å². The highest BCUT2D eigenvalue weighted by Gasteiger charge is 2.47. The van der Waals surface area contributed by atoms with E-state index in [2.05, 4.69) is 10.6 Å². The summed E-state index contributed by atoms with van der Waals surface area (Å²) < 4.78 is 24.6. The Balaban J connectivity index is 1.96. The van der Waals surface area contributed by atoms with Crippen LogP contribution in [0.1, 0.15) is 12.5 Å². The molecule has 3 amide bonds. The monoisotopic (exact) mass is 430 g/mol. The zero-order chi connectivity index (χ0) is 21.1. The van der Waals surface area contributed by atoms with E-state index in [-0.39, 0.29) is 26.2 Å². The third-order valence-electron chi connectivity index (χ3n) is 4.66. The standard InChI is InChI=1S/C17H23ClN4O5S/c1-17(11-22(28(3,26)27)10-15(24)21(17)2)16(25)20-9-14(23)19-8-12-5-4-6-13(18)7-12/h4-7H,8-11H2,1-3H3,(H,19,23)(H,20,25)/t17-/m0/s1. The van der Waals surface area contributed by atoms with Crippen LogP contribution in [0.5, 0.6) is 0 Å². The first kappa shape index (κ1) is 22.1. The summed E-state index contributed by atoms with van der Waals surface area (Å²) in [6.45, 7) is 0.881. The predicted octanol–water partition coefficient (Wildman–Crippen LogP) is -0.435. The molecule has 0 aromatic heterocycles. The van der Waals surface area contributed by atoms with E-state index in [4.69, 9.17) is 11.6 Å². The van der Waals surface area contributed by atoms with Gasteiger partial charge in [-0.25, -0.2) is 8.42 Å². The molecule has 0 unspecified atom stereocenters. The highest BCUT2D eigenvalue weighted by molar-refractivity contribution is 7.88. The van der Waals surface area contributed by atoms with Crippen molar-refractivity contribution in [2.24, 2.45) is 0 Å². The molecule has 1 aliphatic rings. The molecule has 2 N–H and O–H groups in total. The van der Waals surface area contributed by atoms with Gasteiger partial charge in [0.05, 0.1) is 19.3 Å². The topological polar surface area (TPSA) is 116 Å². The number of likely N-dealkylation sites (N-methyl/N-ethyl adjacent to an activating group) is 1. The maximum absolute atomic E-state index is 12.6. The molecule has 0 saturated carbocycles. The summed E-state index contributed by atoms with van der Waals surface area (Å²) in [4.78, 5) is 38.0. The second kappa shape index (κ2) is 8.46. The average molecular weight is 431 g/mol. The van der Waals surface area contributed by atoms with Crippen LogP contribution in [-0.4, -0.2) is 73.8 Å². The molecule has 1 aliphatic heterocycles. The quantitative estimate of drug-likeness (QED) is 0.635. The van der Waals surface area contributed by atoms with Gasteiger partial charge in [0.25, 0.3) is 0 Å². The summed E-state index contributed by atoms with van der Waals surface area (Å²) in [6, 6.07) is 6.99. The molecule has 1 saturated heterocycles. The molecule has 0 bridgehead atoms. The Morgan fingerprint density at radius 3 is 2.57 bits per heavy atom. The first-order chi connectivity index (χ1) is 12.9. The maximum Gasteiger partial charge on any atom is 0.247 e. The van der Waals surface area contributed by atoms with Gasteiger partial charge in [0.1, 0.15) is 5.54 Å². The Kier molecular flexibility index (Phi) is 6.68. The Labute approximate surface area is 169 Å². The van der Waals surface area contributed by atoms with Gasteiger partial charge in [0.15, 0.2) is 0 Å². The van der Waals surface area contributed by atoms with Crippen LogP contribution in [0.3, 0.4) is 0 Å². The molecule has 2 rings (SSSR count). The lowest BCUT2D eigenvalue weighted by Gasteiger charge is -2.44. The van der Waals surface area contributed by atoms with Crippen LogP contribution < -0.4 is 10.6 Å². The molecule has 11 heteroatoms. The number of piperazine rings is 1. The molecule has 1 fully saturated rings. The number of sulfonamides is 1. The third-order valence-corrected chi connectivity index (χ3v) is 6.09. The van der Waals surface area contributed by atoms with Crippen molar-refractivity contribution in [3.63, 3.8) is 0 Å². The van der Waals surface area contributed by atoms with Crippen LogP contribution in [0, 0.1) is 0 Å². The lowest BCUT2D eigenvalue weighted by molar-refractivity contribution is -0.150. The molecule has 0 radical (unpaired) electrons. The lowest BCUT2D eigenvalue weighted by atomic mass is 9.96. The van der Waals surface area contributed by atoms with Gasteiger partial charge in [0.2, 0.25) is 27.7 Å². The van der Waals surface area contributed by atoms with Gasteiger partial charge >= 0.3 is 0 Å². The molecule has 1 atom stereocenters. The summed E-state index contributed by atoms with van der Waals surface area (Å²) >= 11 is 5.88. The molecular formula is C17H23ClN4O5S. The van der Waals surface area contributed by atoms with Crippen molar-refractivity contribution in [3.05, 3.63) is 34.9 Å². The number of nitrogens with zero attached hydrogens (tertiary/aromatic N) is 2. The van der Waals surface area contributed by atoms with E-state index in [1.165, 1.54) is 18.9 Å². The van der Waals surface area contributed by atoms with Crippen LogP contribution in [0.4, 0.5) is 0 Å². The van der Waals surface area contributed by atoms with Crippen LogP contribution >= 0.6 is 11.6 Å². The number of halogens is 1. The summed E-state index contributed by atoms with van der Waals surface area (Å²) in [5, 5.41) is 5.67. The number of hydrogen-bond acceptors (Lipinski definition) is 5. The van der Waals surface area contributed by atoms with Gasteiger partial charge in [-0.1, -0.05) is 23.7 Å². The van der Waals surface area contributed by atoms with Gasteiger partial charge in [0, 0.05) is 25.2 Å². The zero-order valence-electron chi connectivity index (χ0n) is 15.9. The number of carbonyl (C=O) groups is 3. The molecular weight excluding hydrogens is 408 g/mol. The molecule has 9 nitrogen and oxygen atoms in total. The number of rotatable bonds is 6. The maximum atomic E-state index is 12.6. The molecule has 1 heterocycles. The smallest absolute Gasteiger partial charge is 0.247 e. The lowest BCUT2D eigenvalue weighted by Crippen LogP contribution is -2.68. The average Bonchev–Trinajstić information content (AvgIpc) is 2.61. The first-order valence-corrected chi connectivity index (χ1v) is 10.7. The first-order valence-electron chi connectivity index (χ1n) is 8.45. The van der Waals surface area contributed by atoms with Crippen LogP contribution in [0.2, 0.25) is 5.02 Å². The molecule has 1 aromatic rings. The van der Waals surface area contributed by atoms with Crippen LogP contribution in [0.25, 0.3) is 0 Å². The van der Waals surface area contributed by atoms with E-state index >= 15 is 0 Å². The number of carbonyl (C=O) groups excluding carboxylic acids is 3. The Hall–Kier alpha value is -2.17. The third kappa shape index (κ3) is 5.21. The van der Waals surface area contributed by atoms with E-state index in [9.17, 15) is 22.8 Å². The molecule has 154 valence electrons. The van der Waals surface area contributed by atoms with Crippen LogP contribution in [-0.2, 0) is 31.0 Å². The van der Waals surface area contributed by atoms with Gasteiger partial charge in [-0.15, -0.1) is 0 Å². The minimum atomic E-state index is -3.65. The zero-order valence-corrected chi connectivity index (χ0v) is 17.4. The van der Waals surface area contributed by atoms with Gasteiger partial charge in [-0.3, -0.25) is 14.4 Å². The van der Waals surface area contributed by atoms with E-state index in [0.717, 1.165) is 16.1 Å². The van der Waals surface area contributed by atoms with Gasteiger partial charge in [-0.05, 0) is 24.6 Å². The molecule has 0 aliphatic carbocycles. The predicted molar refractivity (Wildman–Crippen MR) is 104 cm³/mol. The van der Waals surface area contributed by atoms with Gasteiger partial charge in [-0.2, -0.15) is 4.31 Å². The Morgan fingerprint density at radius 1 is 1.29 bits per heavy atom. The van der Waals surface area contributed by atoms with Crippen molar-refractivity contribution < 1.29 is 22.8 Å². The van der Waals surface area contributed by atoms with Crippen molar-refractivity contribution in [1.82, 2.24) is 19.8 Å². The summed E-state index contributed by atoms with van der Waals surface area (Å²) in [5.41, 5.74) is -0.619. The summed E-state index contributed by atoms with van der Waals surface area (Å²) in [6.07, 6.45) is 0.979. The van der Waals surface area contributed by atoms with E-state index in [0.29, 0.717) is 5.02 Å². The second-order valence-electron chi connectivity index (χ2n) is 6.85. The van der Waals surface area contributed by atoms with Crippen molar-refractivity contribution in [1.29, 1.82) is 0 Å². The van der Waals surface area contributed by atoms with Gasteiger partial charge < -0.3 is 15.5 Å². The number of amides is 3. The fraction of sp³-hybridized carbons (Fsp3) is 0.471. The fourth-order valence-corrected chi connectivity index (χ4v) is 3.80. The minimum absolute atomic E-state index is 0.190. The molecule has 1 aromatic carbocycles. The van der Waals surface area contributed by atoms with E-state index in [1.54, 1.807) is 24.3 Å². The minimum Gasteiger partial charge on any atom is -0.350 e. The fourth-order valence-electron chi connectivity index (χ4n) is 2.76. The summed E-state index contributed by atoms with van der Waals surface area (Å²) in [7, 11) is -2.21. The van der Waals surface area contributed by atoms with Crippen molar-refractivity contribution in [2.45, 2.75) is 19.0 Å². The Bertz CT molecular complexity index is 891. The largest absolute Gasteiger partial charge is 0.350 e. The van der Waals surface area contributed by atoms with E-state index < -0.39 is 33.3 Å². The second-order valence-corrected chi connectivity index (χ2v) is 9.27. The van der Waals surface area contributed by atoms with E-state index in [1.807, 2.05) is 0 Å². The SMILES string of the molecule is CN1C(=O)CN(S(C)(=O)=O)C[C@@]1(C)C(=O)NCC(=O)NCc1cccc(Cl)c1. The molecule has 0 spiro atoms. The number of benzene rings is 1. The molecule has 28 heavy (non-hydrogen) atoms. The normalized spacial score (nSPS) is 20.7.